The van der Waals surface area contributed by atoms with Crippen molar-refractivity contribution in [3.63, 3.8) is 0 Å². The Bertz CT molecular complexity index is 715. The molecule has 0 aromatic rings. The van der Waals surface area contributed by atoms with E-state index in [1.54, 1.807) is 0 Å². The third-order valence-electron chi connectivity index (χ3n) is 8.02. The number of carboxylic acid groups (broad SMARTS) is 4. The van der Waals surface area contributed by atoms with Crippen LogP contribution in [0.5, 0.6) is 0 Å². The summed E-state index contributed by atoms with van der Waals surface area (Å²) >= 11 is 0. The second kappa shape index (κ2) is 4.53. The first-order valence-corrected chi connectivity index (χ1v) is 8.59. The van der Waals surface area contributed by atoms with Crippen molar-refractivity contribution in [2.45, 2.75) is 38.5 Å². The van der Waals surface area contributed by atoms with Crippen molar-refractivity contribution in [2.24, 2.45) is 39.9 Å². The molecule has 0 aromatic carbocycles. The molecule has 8 nitrogen and oxygen atoms in total. The zero-order chi connectivity index (χ0) is 18.4. The fourth-order valence-corrected chi connectivity index (χ4v) is 7.81. The molecule has 4 aliphatic rings. The molecule has 7 atom stereocenters. The van der Waals surface area contributed by atoms with Crippen LogP contribution in [0.3, 0.4) is 0 Å². The van der Waals surface area contributed by atoms with E-state index in [9.17, 15) is 39.6 Å². The molecule has 4 N–H and O–H groups in total. The summed E-state index contributed by atoms with van der Waals surface area (Å²) < 4.78 is 0. The van der Waals surface area contributed by atoms with Gasteiger partial charge in [-0.25, -0.2) is 0 Å². The van der Waals surface area contributed by atoms with E-state index in [1.165, 1.54) is 0 Å². The largest absolute Gasteiger partial charge is 0.481 e. The molecule has 25 heavy (non-hydrogen) atoms. The normalized spacial score (nSPS) is 49.1. The van der Waals surface area contributed by atoms with Gasteiger partial charge in [0.2, 0.25) is 0 Å². The number of hydrogen-bond acceptors (Lipinski definition) is 4. The monoisotopic (exact) mass is 352 g/mol. The fourth-order valence-electron chi connectivity index (χ4n) is 7.81. The summed E-state index contributed by atoms with van der Waals surface area (Å²) in [5.41, 5.74) is -5.32. The van der Waals surface area contributed by atoms with E-state index in [0.717, 1.165) is 0 Å². The predicted molar refractivity (Wildman–Crippen MR) is 79.5 cm³/mol. The Morgan fingerprint density at radius 1 is 0.800 bits per heavy atom. The first kappa shape index (κ1) is 16.4. The Balaban J connectivity index is 2.05. The van der Waals surface area contributed by atoms with Crippen molar-refractivity contribution in [3.8, 4) is 0 Å². The lowest BCUT2D eigenvalue weighted by molar-refractivity contribution is -0.214. The Hall–Kier alpha value is -2.12. The Kier molecular flexibility index (Phi) is 2.96. The predicted octanol–water partition coefficient (Wildman–Crippen LogP) is 1.14. The number of rotatable bonds is 5. The van der Waals surface area contributed by atoms with Crippen LogP contribution in [0, 0.1) is 39.9 Å². The first-order chi connectivity index (χ1) is 11.7. The maximum absolute atomic E-state index is 12.6. The van der Waals surface area contributed by atoms with Gasteiger partial charge >= 0.3 is 23.9 Å². The summed E-state index contributed by atoms with van der Waals surface area (Å²) in [5.74, 6) is -7.44. The molecule has 2 bridgehead atoms. The maximum Gasteiger partial charge on any atom is 0.312 e. The van der Waals surface area contributed by atoms with Crippen LogP contribution in [-0.2, 0) is 19.2 Å². The van der Waals surface area contributed by atoms with Gasteiger partial charge in [0.05, 0.1) is 10.8 Å². The molecule has 8 heteroatoms. The Morgan fingerprint density at radius 2 is 1.44 bits per heavy atom. The molecule has 4 fully saturated rings. The van der Waals surface area contributed by atoms with Crippen LogP contribution >= 0.6 is 0 Å². The lowest BCUT2D eigenvalue weighted by atomic mass is 9.42. The molecule has 4 aliphatic carbocycles. The van der Waals surface area contributed by atoms with Gasteiger partial charge in [0, 0.05) is 6.42 Å². The molecule has 0 amide bonds. The van der Waals surface area contributed by atoms with Gasteiger partial charge in [-0.05, 0) is 55.8 Å². The average Bonchev–Trinajstić information content (AvgIpc) is 3.06. The molecule has 0 aromatic heterocycles. The highest BCUT2D eigenvalue weighted by Crippen LogP contribution is 2.86. The van der Waals surface area contributed by atoms with Crippen LogP contribution in [0.2, 0.25) is 0 Å². The van der Waals surface area contributed by atoms with E-state index in [0.29, 0.717) is 25.7 Å². The summed E-state index contributed by atoms with van der Waals surface area (Å²) in [6.07, 6.45) is 1.04. The first-order valence-electron chi connectivity index (χ1n) is 8.59. The molecule has 0 aliphatic heterocycles. The molecule has 136 valence electrons. The molecule has 0 radical (unpaired) electrons. The number of aliphatic carboxylic acids is 4. The van der Waals surface area contributed by atoms with E-state index in [1.807, 2.05) is 0 Å². The van der Waals surface area contributed by atoms with E-state index < -0.39 is 64.3 Å². The average molecular weight is 352 g/mol. The molecule has 4 saturated carbocycles. The molecule has 4 rings (SSSR count). The van der Waals surface area contributed by atoms with Crippen LogP contribution in [0.15, 0.2) is 0 Å². The van der Waals surface area contributed by atoms with Gasteiger partial charge in [-0.2, -0.15) is 0 Å². The molecule has 0 saturated heterocycles. The number of hydrogen-bond donors (Lipinski definition) is 4. The third-order valence-corrected chi connectivity index (χ3v) is 8.02. The summed E-state index contributed by atoms with van der Waals surface area (Å²) in [5, 5.41) is 39.7. The number of carbonyl (C=O) groups is 4. The minimum Gasteiger partial charge on any atom is -0.481 e. The summed E-state index contributed by atoms with van der Waals surface area (Å²) in [6.45, 7) is 0. The van der Waals surface area contributed by atoms with Gasteiger partial charge in [-0.15, -0.1) is 0 Å². The van der Waals surface area contributed by atoms with Crippen LogP contribution < -0.4 is 0 Å². The van der Waals surface area contributed by atoms with Crippen molar-refractivity contribution < 1.29 is 39.6 Å². The maximum atomic E-state index is 12.6. The number of fused-ring (bicyclic) bond motifs is 2. The highest BCUT2D eigenvalue weighted by Gasteiger charge is 2.92. The zero-order valence-electron chi connectivity index (χ0n) is 13.5. The Labute approximate surface area is 142 Å². The second-order valence-electron chi connectivity index (χ2n) is 8.20. The minimum absolute atomic E-state index is 0.0260. The van der Waals surface area contributed by atoms with Crippen molar-refractivity contribution in [3.05, 3.63) is 0 Å². The minimum atomic E-state index is -1.91. The fraction of sp³-hybridized carbons (Fsp3) is 0.765. The quantitative estimate of drug-likeness (QED) is 0.575. The van der Waals surface area contributed by atoms with Gasteiger partial charge in [0.15, 0.2) is 0 Å². The lowest BCUT2D eigenvalue weighted by Gasteiger charge is -2.57. The van der Waals surface area contributed by atoms with Gasteiger partial charge in [-0.1, -0.05) is 0 Å². The van der Waals surface area contributed by atoms with Crippen molar-refractivity contribution in [1.82, 2.24) is 0 Å². The molecular formula is C17H20O8. The summed E-state index contributed by atoms with van der Waals surface area (Å²) in [7, 11) is 0. The lowest BCUT2D eigenvalue weighted by Crippen LogP contribution is -2.67. The van der Waals surface area contributed by atoms with Crippen LogP contribution in [-0.4, -0.2) is 44.3 Å². The van der Waals surface area contributed by atoms with Crippen LogP contribution in [0.1, 0.15) is 38.5 Å². The molecular weight excluding hydrogens is 332 g/mol. The standard InChI is InChI=1S/C17H20O8/c18-11(19)5-7-1-2-8-3-9-4-10-6-15(9,12(20)21)17(8,14(24)25)16(7,10)13(22)23/h7-10H,1-6H2,(H,18,19)(H,20,21)(H,22,23)(H,24,25). The third kappa shape index (κ3) is 1.36. The zero-order valence-corrected chi connectivity index (χ0v) is 13.5. The van der Waals surface area contributed by atoms with Crippen molar-refractivity contribution in [2.75, 3.05) is 0 Å². The van der Waals surface area contributed by atoms with Gasteiger partial charge in [0.1, 0.15) is 5.41 Å². The smallest absolute Gasteiger partial charge is 0.312 e. The van der Waals surface area contributed by atoms with E-state index in [4.69, 9.17) is 0 Å². The van der Waals surface area contributed by atoms with Gasteiger partial charge in [-0.3, -0.25) is 19.2 Å². The van der Waals surface area contributed by atoms with Gasteiger partial charge < -0.3 is 20.4 Å². The number of carboxylic acids is 4. The molecule has 7 unspecified atom stereocenters. The SMILES string of the molecule is O=C(O)CC1CCC2CC3CC4CC3(C(=O)O)C2(C(=O)O)C14C(=O)O. The molecule has 0 spiro atoms. The van der Waals surface area contributed by atoms with E-state index in [2.05, 4.69) is 0 Å². The van der Waals surface area contributed by atoms with E-state index in [-0.39, 0.29) is 12.3 Å². The van der Waals surface area contributed by atoms with Gasteiger partial charge in [0.25, 0.3) is 0 Å². The summed E-state index contributed by atoms with van der Waals surface area (Å²) in [4.78, 5) is 48.7. The summed E-state index contributed by atoms with van der Waals surface area (Å²) in [6, 6.07) is 0. The van der Waals surface area contributed by atoms with E-state index >= 15 is 0 Å². The van der Waals surface area contributed by atoms with Crippen LogP contribution in [0.4, 0.5) is 0 Å². The van der Waals surface area contributed by atoms with Crippen molar-refractivity contribution in [1.29, 1.82) is 0 Å². The topological polar surface area (TPSA) is 149 Å². The second-order valence-corrected chi connectivity index (χ2v) is 8.20. The molecule has 0 heterocycles. The van der Waals surface area contributed by atoms with Crippen LogP contribution in [0.25, 0.3) is 0 Å². The Morgan fingerprint density at radius 3 is 1.96 bits per heavy atom. The highest BCUT2D eigenvalue weighted by atomic mass is 16.4. The van der Waals surface area contributed by atoms with Crippen molar-refractivity contribution >= 4 is 23.9 Å². The highest BCUT2D eigenvalue weighted by molar-refractivity contribution is 5.97.